The van der Waals surface area contributed by atoms with Crippen LogP contribution in [0.3, 0.4) is 0 Å². The van der Waals surface area contributed by atoms with Crippen molar-refractivity contribution in [1.29, 1.82) is 0 Å². The van der Waals surface area contributed by atoms with Crippen LogP contribution in [0.4, 0.5) is 0 Å². The third-order valence-electron chi connectivity index (χ3n) is 3.46. The van der Waals surface area contributed by atoms with E-state index in [2.05, 4.69) is 0 Å². The number of aliphatic carboxylic acids is 1. The molecular formula is C13H16O4. The number of benzene rings is 1. The molecule has 0 saturated heterocycles. The minimum absolute atomic E-state index is 0.629. The number of carboxylic acids is 1. The van der Waals surface area contributed by atoms with Gasteiger partial charge in [-0.25, -0.2) is 0 Å². The van der Waals surface area contributed by atoms with Crippen molar-refractivity contribution < 1.29 is 19.4 Å². The summed E-state index contributed by atoms with van der Waals surface area (Å²) in [4.78, 5) is 11.3. The lowest BCUT2D eigenvalue weighted by Crippen LogP contribution is -2.20. The van der Waals surface area contributed by atoms with Crippen molar-refractivity contribution in [3.8, 4) is 11.5 Å². The molecule has 1 fully saturated rings. The van der Waals surface area contributed by atoms with Crippen molar-refractivity contribution in [2.45, 2.75) is 25.2 Å². The van der Waals surface area contributed by atoms with Crippen LogP contribution < -0.4 is 9.47 Å². The first kappa shape index (κ1) is 11.8. The highest BCUT2D eigenvalue weighted by atomic mass is 16.5. The standard InChI is InChI=1S/C13H16O4/c1-8-10(16-2)5-4-9(11(8)17-3)13(6-7-13)12(14)15/h4-5H,6-7H2,1-3H3,(H,14,15). The van der Waals surface area contributed by atoms with Crippen molar-refractivity contribution in [2.24, 2.45) is 0 Å². The Balaban J connectivity index is 2.56. The largest absolute Gasteiger partial charge is 0.496 e. The van der Waals surface area contributed by atoms with Gasteiger partial charge in [0.05, 0.1) is 19.6 Å². The van der Waals surface area contributed by atoms with Gasteiger partial charge in [-0.05, 0) is 25.8 Å². The van der Waals surface area contributed by atoms with E-state index in [1.54, 1.807) is 26.4 Å². The summed E-state index contributed by atoms with van der Waals surface area (Å²) in [5.41, 5.74) is 0.855. The molecule has 0 amide bonds. The lowest BCUT2D eigenvalue weighted by Gasteiger charge is -2.18. The first-order valence-corrected chi connectivity index (χ1v) is 5.52. The normalized spacial score (nSPS) is 16.4. The summed E-state index contributed by atoms with van der Waals surface area (Å²) in [7, 11) is 3.15. The monoisotopic (exact) mass is 236 g/mol. The SMILES string of the molecule is COc1ccc(C2(C(=O)O)CC2)c(OC)c1C. The topological polar surface area (TPSA) is 55.8 Å². The van der Waals surface area contributed by atoms with Crippen molar-refractivity contribution in [1.82, 2.24) is 0 Å². The van der Waals surface area contributed by atoms with Gasteiger partial charge in [-0.15, -0.1) is 0 Å². The smallest absolute Gasteiger partial charge is 0.314 e. The van der Waals surface area contributed by atoms with Crippen molar-refractivity contribution in [3.63, 3.8) is 0 Å². The van der Waals surface area contributed by atoms with Crippen LogP contribution in [0.2, 0.25) is 0 Å². The number of ether oxygens (including phenoxy) is 2. The molecule has 1 aromatic rings. The molecular weight excluding hydrogens is 220 g/mol. The zero-order valence-corrected chi connectivity index (χ0v) is 10.2. The summed E-state index contributed by atoms with van der Waals surface area (Å²) >= 11 is 0. The highest BCUT2D eigenvalue weighted by Crippen LogP contribution is 2.53. The summed E-state index contributed by atoms with van der Waals surface area (Å²) in [6, 6.07) is 3.60. The van der Waals surface area contributed by atoms with Gasteiger partial charge in [0.2, 0.25) is 0 Å². The van der Waals surface area contributed by atoms with Crippen LogP contribution in [-0.2, 0) is 10.2 Å². The molecule has 0 heterocycles. The molecule has 1 N–H and O–H groups in total. The number of hydrogen-bond acceptors (Lipinski definition) is 3. The highest BCUT2D eigenvalue weighted by molar-refractivity contribution is 5.86. The fourth-order valence-corrected chi connectivity index (χ4v) is 2.26. The molecule has 2 rings (SSSR count). The first-order valence-electron chi connectivity index (χ1n) is 5.52. The number of carbonyl (C=O) groups is 1. The van der Waals surface area contributed by atoms with Crippen molar-refractivity contribution in [3.05, 3.63) is 23.3 Å². The third kappa shape index (κ3) is 1.64. The molecule has 4 nitrogen and oxygen atoms in total. The Morgan fingerprint density at radius 3 is 2.35 bits per heavy atom. The predicted octanol–water partition coefficient (Wildman–Crippen LogP) is 2.13. The first-order chi connectivity index (χ1) is 8.06. The molecule has 4 heteroatoms. The van der Waals surface area contributed by atoms with Crippen molar-refractivity contribution in [2.75, 3.05) is 14.2 Å². The summed E-state index contributed by atoms with van der Waals surface area (Å²) < 4.78 is 10.6. The number of methoxy groups -OCH3 is 2. The molecule has 1 aromatic carbocycles. The van der Waals surface area contributed by atoms with Gasteiger partial charge in [0.1, 0.15) is 11.5 Å². The Kier molecular flexibility index (Phi) is 2.73. The van der Waals surface area contributed by atoms with Gasteiger partial charge in [-0.2, -0.15) is 0 Å². The van der Waals surface area contributed by atoms with Gasteiger partial charge in [-0.1, -0.05) is 6.07 Å². The highest BCUT2D eigenvalue weighted by Gasteiger charge is 2.53. The Morgan fingerprint density at radius 2 is 1.94 bits per heavy atom. The average molecular weight is 236 g/mol. The van der Waals surface area contributed by atoms with Gasteiger partial charge in [0.15, 0.2) is 0 Å². The molecule has 0 radical (unpaired) electrons. The fraction of sp³-hybridized carbons (Fsp3) is 0.462. The second-order valence-corrected chi connectivity index (χ2v) is 4.36. The predicted molar refractivity (Wildman–Crippen MR) is 62.8 cm³/mol. The second-order valence-electron chi connectivity index (χ2n) is 4.36. The van der Waals surface area contributed by atoms with E-state index < -0.39 is 11.4 Å². The minimum atomic E-state index is -0.777. The van der Waals surface area contributed by atoms with Crippen LogP contribution >= 0.6 is 0 Å². The van der Waals surface area contributed by atoms with Gasteiger partial charge in [-0.3, -0.25) is 4.79 Å². The van der Waals surface area contributed by atoms with Crippen LogP contribution in [-0.4, -0.2) is 25.3 Å². The molecule has 0 aromatic heterocycles. The van der Waals surface area contributed by atoms with Crippen LogP contribution in [0, 0.1) is 6.92 Å². The van der Waals surface area contributed by atoms with Gasteiger partial charge >= 0.3 is 5.97 Å². The summed E-state index contributed by atoms with van der Waals surface area (Å²) in [6.45, 7) is 1.87. The fourth-order valence-electron chi connectivity index (χ4n) is 2.26. The summed E-state index contributed by atoms with van der Waals surface area (Å²) in [5, 5.41) is 9.31. The summed E-state index contributed by atoms with van der Waals surface area (Å²) in [5.74, 6) is 0.566. The maximum Gasteiger partial charge on any atom is 0.314 e. The number of hydrogen-bond donors (Lipinski definition) is 1. The Hall–Kier alpha value is -1.71. The Morgan fingerprint density at radius 1 is 1.29 bits per heavy atom. The maximum atomic E-state index is 11.3. The molecule has 0 spiro atoms. The third-order valence-corrected chi connectivity index (χ3v) is 3.46. The van der Waals surface area contributed by atoms with E-state index >= 15 is 0 Å². The van der Waals surface area contributed by atoms with Crippen molar-refractivity contribution >= 4 is 5.97 Å². The van der Waals surface area contributed by atoms with Crippen LogP contribution in [0.5, 0.6) is 11.5 Å². The number of rotatable bonds is 4. The molecule has 1 aliphatic rings. The van der Waals surface area contributed by atoms with E-state index in [0.29, 0.717) is 24.3 Å². The van der Waals surface area contributed by atoms with Gasteiger partial charge in [0.25, 0.3) is 0 Å². The molecule has 0 atom stereocenters. The quantitative estimate of drug-likeness (QED) is 0.870. The molecule has 17 heavy (non-hydrogen) atoms. The minimum Gasteiger partial charge on any atom is -0.496 e. The lowest BCUT2D eigenvalue weighted by atomic mass is 9.93. The maximum absolute atomic E-state index is 11.3. The molecule has 92 valence electrons. The van der Waals surface area contributed by atoms with E-state index in [0.717, 1.165) is 11.1 Å². The molecule has 0 aliphatic heterocycles. The van der Waals surface area contributed by atoms with Crippen LogP contribution in [0.1, 0.15) is 24.0 Å². The van der Waals surface area contributed by atoms with Crippen LogP contribution in [0.25, 0.3) is 0 Å². The van der Waals surface area contributed by atoms with E-state index in [1.807, 2.05) is 6.92 Å². The van der Waals surface area contributed by atoms with Gasteiger partial charge < -0.3 is 14.6 Å². The van der Waals surface area contributed by atoms with E-state index in [1.165, 1.54) is 0 Å². The van der Waals surface area contributed by atoms with E-state index in [4.69, 9.17) is 9.47 Å². The number of carboxylic acid groups (broad SMARTS) is 1. The Bertz CT molecular complexity index is 461. The second kappa shape index (κ2) is 3.95. The summed E-state index contributed by atoms with van der Waals surface area (Å²) in [6.07, 6.45) is 1.34. The zero-order chi connectivity index (χ0) is 12.6. The van der Waals surface area contributed by atoms with Crippen LogP contribution in [0.15, 0.2) is 12.1 Å². The molecule has 1 saturated carbocycles. The zero-order valence-electron chi connectivity index (χ0n) is 10.2. The van der Waals surface area contributed by atoms with E-state index in [9.17, 15) is 9.90 Å². The van der Waals surface area contributed by atoms with E-state index in [-0.39, 0.29) is 0 Å². The average Bonchev–Trinajstić information content (AvgIpc) is 3.09. The molecule has 1 aliphatic carbocycles. The lowest BCUT2D eigenvalue weighted by molar-refractivity contribution is -0.140. The Labute approximate surface area is 100 Å². The molecule has 0 unspecified atom stereocenters. The molecule has 0 bridgehead atoms. The van der Waals surface area contributed by atoms with Gasteiger partial charge in [0, 0.05) is 11.1 Å².